The predicted octanol–water partition coefficient (Wildman–Crippen LogP) is 1.10. The Kier molecular flexibility index (Phi) is 5.05. The number of hydrogen-bond acceptors (Lipinski definition) is 9. The molecule has 6 rings (SSSR count). The lowest BCUT2D eigenvalue weighted by Gasteiger charge is -2.47. The minimum absolute atomic E-state index is 0.0996. The van der Waals surface area contributed by atoms with Crippen molar-refractivity contribution in [3.8, 4) is 6.07 Å². The predicted molar refractivity (Wildman–Crippen MR) is 117 cm³/mol. The van der Waals surface area contributed by atoms with Crippen LogP contribution in [0.25, 0.3) is 0 Å². The molecule has 0 radical (unpaired) electrons. The quantitative estimate of drug-likeness (QED) is 0.619. The molecular formula is C23H27N9O. The summed E-state index contributed by atoms with van der Waals surface area (Å²) >= 11 is 0. The van der Waals surface area contributed by atoms with Gasteiger partial charge in [-0.3, -0.25) is 10.1 Å². The molecule has 2 aliphatic heterocycles. The number of nitrogens with one attached hydrogen (secondary N) is 3. The molecule has 170 valence electrons. The molecule has 0 spiro atoms. The highest BCUT2D eigenvalue weighted by atomic mass is 16.2. The van der Waals surface area contributed by atoms with Gasteiger partial charge in [0.15, 0.2) is 0 Å². The van der Waals surface area contributed by atoms with Crippen LogP contribution in [0.3, 0.4) is 0 Å². The number of amides is 1. The number of nitrogens with zero attached hydrogens (tertiary/aromatic N) is 6. The van der Waals surface area contributed by atoms with E-state index in [9.17, 15) is 10.1 Å². The first-order valence-corrected chi connectivity index (χ1v) is 11.7. The summed E-state index contributed by atoms with van der Waals surface area (Å²) in [5.41, 5.74) is 4.22. The molecule has 4 fully saturated rings. The summed E-state index contributed by atoms with van der Waals surface area (Å²) in [5, 5.41) is 18.5. The zero-order chi connectivity index (χ0) is 22.5. The second kappa shape index (κ2) is 8.09. The lowest BCUT2D eigenvalue weighted by molar-refractivity contribution is -0.132. The number of carbonyl (C=O) groups excluding carboxylic acids is 1. The van der Waals surface area contributed by atoms with Crippen LogP contribution < -0.4 is 16.1 Å². The molecule has 2 saturated carbocycles. The third-order valence-electron chi connectivity index (χ3n) is 7.58. The van der Waals surface area contributed by atoms with E-state index in [4.69, 9.17) is 0 Å². The van der Waals surface area contributed by atoms with Crippen molar-refractivity contribution >= 4 is 5.91 Å². The van der Waals surface area contributed by atoms with Crippen LogP contribution in [0.5, 0.6) is 0 Å². The lowest BCUT2D eigenvalue weighted by Crippen LogP contribution is -2.68. The van der Waals surface area contributed by atoms with E-state index in [0.29, 0.717) is 5.92 Å². The Labute approximate surface area is 192 Å². The molecule has 10 heteroatoms. The Morgan fingerprint density at radius 1 is 1.09 bits per heavy atom. The Morgan fingerprint density at radius 3 is 2.48 bits per heavy atom. The van der Waals surface area contributed by atoms with Crippen molar-refractivity contribution < 1.29 is 4.79 Å². The van der Waals surface area contributed by atoms with Crippen molar-refractivity contribution in [3.05, 3.63) is 48.1 Å². The Morgan fingerprint density at radius 2 is 1.85 bits per heavy atom. The zero-order valence-corrected chi connectivity index (χ0v) is 18.4. The van der Waals surface area contributed by atoms with Crippen LogP contribution in [-0.4, -0.2) is 49.2 Å². The Hall–Kier alpha value is -3.00. The van der Waals surface area contributed by atoms with Crippen LogP contribution in [0.2, 0.25) is 0 Å². The number of hydrogen-bond donors (Lipinski definition) is 3. The summed E-state index contributed by atoms with van der Waals surface area (Å²) in [4.78, 5) is 31.1. The smallest absolute Gasteiger partial charge is 0.230 e. The maximum Gasteiger partial charge on any atom is 0.230 e. The van der Waals surface area contributed by atoms with E-state index in [0.717, 1.165) is 42.9 Å². The fourth-order valence-electron chi connectivity index (χ4n) is 5.35. The average Bonchev–Trinajstić information content (AvgIpc) is 3.59. The molecule has 4 aliphatic rings. The van der Waals surface area contributed by atoms with Gasteiger partial charge in [0.2, 0.25) is 5.91 Å². The third kappa shape index (κ3) is 3.57. The maximum atomic E-state index is 13.1. The molecule has 3 N–H and O–H groups in total. The number of carbonyl (C=O) groups is 1. The molecule has 2 aromatic rings. The summed E-state index contributed by atoms with van der Waals surface area (Å²) < 4.78 is 0. The molecular weight excluding hydrogens is 418 g/mol. The van der Waals surface area contributed by atoms with Gasteiger partial charge in [0.05, 0.1) is 30.4 Å². The number of aromatic nitrogens is 4. The van der Waals surface area contributed by atoms with Gasteiger partial charge < -0.3 is 5.32 Å². The van der Waals surface area contributed by atoms with E-state index >= 15 is 0 Å². The van der Waals surface area contributed by atoms with E-state index in [-0.39, 0.29) is 36.1 Å². The van der Waals surface area contributed by atoms with Crippen LogP contribution in [0.1, 0.15) is 67.7 Å². The van der Waals surface area contributed by atoms with E-state index in [1.165, 1.54) is 0 Å². The maximum absolute atomic E-state index is 13.1. The lowest BCUT2D eigenvalue weighted by atomic mass is 9.70. The fourth-order valence-corrected chi connectivity index (χ4v) is 5.35. The van der Waals surface area contributed by atoms with Gasteiger partial charge in [0, 0.05) is 48.1 Å². The van der Waals surface area contributed by atoms with Crippen molar-refractivity contribution in [1.29, 1.82) is 5.26 Å². The molecule has 7 atom stereocenters. The van der Waals surface area contributed by atoms with Crippen LogP contribution in [-0.2, 0) is 4.79 Å². The van der Waals surface area contributed by atoms with Gasteiger partial charge >= 0.3 is 0 Å². The SMILES string of the molecule is C[C@H](c1cnc(C2CC2)nc1)N1NC(C#N)C2C(=O)NC([C@H]3CC[C@@H]3c3ncccn3)NC21. The number of fused-ring (bicyclic) bond motifs is 1. The van der Waals surface area contributed by atoms with Gasteiger partial charge in [-0.15, -0.1) is 0 Å². The Balaban J connectivity index is 1.23. The van der Waals surface area contributed by atoms with Crippen molar-refractivity contribution in [2.45, 2.75) is 68.9 Å². The first-order chi connectivity index (χ1) is 16.1. The molecule has 2 aliphatic carbocycles. The highest BCUT2D eigenvalue weighted by Gasteiger charge is 2.54. The summed E-state index contributed by atoms with van der Waals surface area (Å²) in [6.45, 7) is 2.05. The first kappa shape index (κ1) is 20.6. The van der Waals surface area contributed by atoms with Crippen molar-refractivity contribution in [1.82, 2.24) is 41.0 Å². The number of rotatable bonds is 5. The molecule has 4 heterocycles. The number of hydrazine groups is 1. The zero-order valence-electron chi connectivity index (χ0n) is 18.4. The third-order valence-corrected chi connectivity index (χ3v) is 7.58. The van der Waals surface area contributed by atoms with Crippen molar-refractivity contribution in [2.24, 2.45) is 11.8 Å². The molecule has 0 aromatic carbocycles. The fraction of sp³-hybridized carbons (Fsp3) is 0.565. The van der Waals surface area contributed by atoms with Gasteiger partial charge in [0.1, 0.15) is 17.7 Å². The van der Waals surface area contributed by atoms with Crippen LogP contribution >= 0.6 is 0 Å². The summed E-state index contributed by atoms with van der Waals surface area (Å²) in [7, 11) is 0. The standard InChI is InChI=1S/C23H27N9O/c1-12(14-10-27-19(28-11-14)13-3-4-13)32-22-18(17(9-24)31-32)23(33)30-21(29-22)16-6-5-15(16)20-25-7-2-8-26-20/h2,7-8,10-13,15-18,21-22,29,31H,3-6H2,1H3,(H,30,33)/t12-,15+,16+,17?,18?,21?,22?/m1/s1. The highest BCUT2D eigenvalue weighted by molar-refractivity contribution is 5.82. The van der Waals surface area contributed by atoms with Gasteiger partial charge in [-0.05, 0) is 38.7 Å². The van der Waals surface area contributed by atoms with Crippen LogP contribution in [0.15, 0.2) is 30.9 Å². The van der Waals surface area contributed by atoms with Gasteiger partial charge in [-0.2, -0.15) is 5.26 Å². The topological polar surface area (TPSA) is 132 Å². The molecule has 4 unspecified atom stereocenters. The van der Waals surface area contributed by atoms with E-state index in [1.54, 1.807) is 12.4 Å². The molecule has 0 bridgehead atoms. The summed E-state index contributed by atoms with van der Waals surface area (Å²) in [5.74, 6) is 2.03. The minimum atomic E-state index is -0.604. The largest absolute Gasteiger partial charge is 0.340 e. The van der Waals surface area contributed by atoms with Gasteiger partial charge in [0.25, 0.3) is 0 Å². The molecule has 2 saturated heterocycles. The number of nitriles is 1. The van der Waals surface area contributed by atoms with E-state index in [2.05, 4.69) is 42.1 Å². The highest BCUT2D eigenvalue weighted by Crippen LogP contribution is 2.44. The van der Waals surface area contributed by atoms with Gasteiger partial charge in [-0.1, -0.05) is 0 Å². The Bertz CT molecular complexity index is 1070. The summed E-state index contributed by atoms with van der Waals surface area (Å²) in [6.07, 6.45) is 11.1. The van der Waals surface area contributed by atoms with Gasteiger partial charge in [-0.25, -0.2) is 30.4 Å². The second-order valence-electron chi connectivity index (χ2n) is 9.55. The molecule has 10 nitrogen and oxygen atoms in total. The van der Waals surface area contributed by atoms with E-state index < -0.39 is 12.0 Å². The van der Waals surface area contributed by atoms with E-state index in [1.807, 2.05) is 30.4 Å². The first-order valence-electron chi connectivity index (χ1n) is 11.7. The van der Waals surface area contributed by atoms with Crippen molar-refractivity contribution in [2.75, 3.05) is 0 Å². The van der Waals surface area contributed by atoms with Crippen molar-refractivity contribution in [3.63, 3.8) is 0 Å². The molecule has 1 amide bonds. The summed E-state index contributed by atoms with van der Waals surface area (Å²) in [6, 6.07) is 3.36. The second-order valence-corrected chi connectivity index (χ2v) is 9.55. The molecule has 2 aromatic heterocycles. The normalized spacial score (nSPS) is 34.6. The monoisotopic (exact) mass is 445 g/mol. The van der Waals surface area contributed by atoms with Crippen LogP contribution in [0.4, 0.5) is 0 Å². The average molecular weight is 446 g/mol. The van der Waals surface area contributed by atoms with Crippen LogP contribution in [0, 0.1) is 23.2 Å². The minimum Gasteiger partial charge on any atom is -0.340 e. The molecule has 33 heavy (non-hydrogen) atoms.